The molecule has 1 aromatic carbocycles. The second kappa shape index (κ2) is 11.3. The number of aryl methyl sites for hydroxylation is 1. The van der Waals surface area contributed by atoms with E-state index in [2.05, 4.69) is 16.9 Å². The van der Waals surface area contributed by atoms with Crippen LogP contribution in [0.4, 0.5) is 0 Å². The molecule has 0 N–H and O–H groups in total. The van der Waals surface area contributed by atoms with Crippen LogP contribution in [0.2, 0.25) is 0 Å². The van der Waals surface area contributed by atoms with Crippen molar-refractivity contribution in [2.45, 2.75) is 26.7 Å². The summed E-state index contributed by atoms with van der Waals surface area (Å²) >= 11 is 1.59. The molecule has 5 heteroatoms. The molecule has 0 bridgehead atoms. The molecule has 0 heterocycles. The molecule has 4 nitrogen and oxygen atoms in total. The van der Waals surface area contributed by atoms with Gasteiger partial charge in [0.15, 0.2) is 11.5 Å². The maximum absolute atomic E-state index is 5.27. The number of hydrogen-bond acceptors (Lipinski definition) is 5. The topological polar surface area (TPSA) is 43.2 Å². The lowest BCUT2D eigenvalue weighted by Crippen LogP contribution is -1.97. The van der Waals surface area contributed by atoms with Crippen LogP contribution in [0, 0.1) is 0 Å². The molecular formula is C15H24N2O2S. The Balaban J connectivity index is 0.00000172. The first-order chi connectivity index (χ1) is 9.74. The van der Waals surface area contributed by atoms with Crippen molar-refractivity contribution < 1.29 is 9.47 Å². The maximum Gasteiger partial charge on any atom is 0.160 e. The summed E-state index contributed by atoms with van der Waals surface area (Å²) in [6.45, 7) is 7.37. The van der Waals surface area contributed by atoms with Crippen molar-refractivity contribution in [2.24, 2.45) is 10.2 Å². The van der Waals surface area contributed by atoms with Gasteiger partial charge in [0.2, 0.25) is 0 Å². The lowest BCUT2D eigenvalue weighted by atomic mass is 10.1. The highest BCUT2D eigenvalue weighted by Crippen LogP contribution is 2.28. The Morgan fingerprint density at radius 1 is 1.20 bits per heavy atom. The zero-order valence-corrected chi connectivity index (χ0v) is 13.8. The quantitative estimate of drug-likeness (QED) is 0.452. The van der Waals surface area contributed by atoms with Crippen LogP contribution in [0.15, 0.2) is 28.4 Å². The second-order valence-electron chi connectivity index (χ2n) is 3.53. The molecule has 0 radical (unpaired) electrons. The zero-order chi connectivity index (χ0) is 15.4. The van der Waals surface area contributed by atoms with Crippen LogP contribution in [0.5, 0.6) is 11.5 Å². The van der Waals surface area contributed by atoms with Crippen LogP contribution < -0.4 is 9.47 Å². The number of benzene rings is 1. The van der Waals surface area contributed by atoms with Crippen molar-refractivity contribution in [2.75, 3.05) is 20.5 Å². The van der Waals surface area contributed by atoms with Crippen LogP contribution in [-0.2, 0) is 6.42 Å². The van der Waals surface area contributed by atoms with Gasteiger partial charge in [0.1, 0.15) is 0 Å². The fourth-order valence-electron chi connectivity index (χ4n) is 1.56. The van der Waals surface area contributed by atoms with Crippen LogP contribution in [0.3, 0.4) is 0 Å². The van der Waals surface area contributed by atoms with Gasteiger partial charge >= 0.3 is 0 Å². The summed E-state index contributed by atoms with van der Waals surface area (Å²) in [4.78, 5) is 0. The van der Waals surface area contributed by atoms with E-state index in [9.17, 15) is 0 Å². The minimum absolute atomic E-state index is 0.743. The SMILES string of the molecule is C=N/N=C(/CCc1ccc(OC)c(OC)c1)SC.CC. The van der Waals surface area contributed by atoms with E-state index < -0.39 is 0 Å². The van der Waals surface area contributed by atoms with E-state index in [0.717, 1.165) is 29.4 Å². The van der Waals surface area contributed by atoms with E-state index in [0.29, 0.717) is 0 Å². The Labute approximate surface area is 126 Å². The smallest absolute Gasteiger partial charge is 0.160 e. The molecule has 0 unspecified atom stereocenters. The van der Waals surface area contributed by atoms with Gasteiger partial charge < -0.3 is 9.47 Å². The predicted octanol–water partition coefficient (Wildman–Crippen LogP) is 4.04. The summed E-state index contributed by atoms with van der Waals surface area (Å²) in [7, 11) is 3.27. The van der Waals surface area contributed by atoms with Gasteiger partial charge in [-0.1, -0.05) is 19.9 Å². The average molecular weight is 296 g/mol. The molecule has 0 aliphatic carbocycles. The predicted molar refractivity (Wildman–Crippen MR) is 89.7 cm³/mol. The van der Waals surface area contributed by atoms with E-state index in [1.807, 2.05) is 38.3 Å². The van der Waals surface area contributed by atoms with Gasteiger partial charge in [-0.15, -0.1) is 16.9 Å². The number of methoxy groups -OCH3 is 2. The number of ether oxygens (including phenoxy) is 2. The summed E-state index contributed by atoms with van der Waals surface area (Å²) in [6, 6.07) is 5.93. The molecule has 20 heavy (non-hydrogen) atoms. The molecule has 0 atom stereocenters. The number of rotatable bonds is 6. The minimum atomic E-state index is 0.743. The van der Waals surface area contributed by atoms with Crippen molar-refractivity contribution in [3.8, 4) is 11.5 Å². The van der Waals surface area contributed by atoms with Crippen molar-refractivity contribution in [3.63, 3.8) is 0 Å². The van der Waals surface area contributed by atoms with Gasteiger partial charge in [0.25, 0.3) is 0 Å². The highest BCUT2D eigenvalue weighted by atomic mass is 32.2. The molecule has 0 amide bonds. The Morgan fingerprint density at radius 3 is 2.35 bits per heavy atom. The molecule has 0 saturated heterocycles. The molecule has 1 rings (SSSR count). The third-order valence-electron chi connectivity index (χ3n) is 2.49. The fraction of sp³-hybridized carbons (Fsp3) is 0.467. The molecule has 0 saturated carbocycles. The summed E-state index contributed by atoms with van der Waals surface area (Å²) < 4.78 is 10.5. The standard InChI is InChI=1S/C13H18N2O2S.C2H6/c1-14-15-13(18-4)8-6-10-5-7-11(16-2)12(9-10)17-3;1-2/h5,7,9H,1,6,8H2,2-4H3;1-2H3/b15-13-;. The Kier molecular flexibility index (Phi) is 10.5. The number of hydrogen-bond donors (Lipinski definition) is 0. The van der Waals surface area contributed by atoms with E-state index >= 15 is 0 Å². The van der Waals surface area contributed by atoms with E-state index in [-0.39, 0.29) is 0 Å². The molecule has 0 fully saturated rings. The maximum atomic E-state index is 5.27. The highest BCUT2D eigenvalue weighted by Gasteiger charge is 2.05. The van der Waals surface area contributed by atoms with Crippen LogP contribution >= 0.6 is 11.8 Å². The summed E-state index contributed by atoms with van der Waals surface area (Å²) in [5, 5.41) is 8.50. The molecular weight excluding hydrogens is 272 g/mol. The van der Waals surface area contributed by atoms with E-state index in [1.165, 1.54) is 5.56 Å². The van der Waals surface area contributed by atoms with Gasteiger partial charge in [-0.2, -0.15) is 5.10 Å². The van der Waals surface area contributed by atoms with E-state index in [1.54, 1.807) is 26.0 Å². The molecule has 1 aromatic rings. The summed E-state index contributed by atoms with van der Waals surface area (Å²) in [5.74, 6) is 1.49. The molecule has 0 aliphatic rings. The number of nitrogens with zero attached hydrogens (tertiary/aromatic N) is 2. The van der Waals surface area contributed by atoms with Gasteiger partial charge in [-0.05, 0) is 30.4 Å². The van der Waals surface area contributed by atoms with Crippen LogP contribution in [0.25, 0.3) is 0 Å². The van der Waals surface area contributed by atoms with Gasteiger partial charge in [-0.3, -0.25) is 0 Å². The normalized spacial score (nSPS) is 10.3. The van der Waals surface area contributed by atoms with Crippen molar-refractivity contribution >= 4 is 23.5 Å². The molecule has 0 spiro atoms. The lowest BCUT2D eigenvalue weighted by molar-refractivity contribution is 0.354. The molecule has 112 valence electrons. The third kappa shape index (κ3) is 6.10. The van der Waals surface area contributed by atoms with Gasteiger partial charge in [0, 0.05) is 13.1 Å². The van der Waals surface area contributed by atoms with E-state index in [4.69, 9.17) is 9.47 Å². The van der Waals surface area contributed by atoms with Crippen molar-refractivity contribution in [3.05, 3.63) is 23.8 Å². The number of thioether (sulfide) groups is 1. The fourth-order valence-corrected chi connectivity index (χ4v) is 2.00. The molecule has 0 aromatic heterocycles. The molecule has 0 aliphatic heterocycles. The Morgan fingerprint density at radius 2 is 1.85 bits per heavy atom. The minimum Gasteiger partial charge on any atom is -0.493 e. The van der Waals surface area contributed by atoms with Crippen molar-refractivity contribution in [1.82, 2.24) is 0 Å². The summed E-state index contributed by atoms with van der Waals surface area (Å²) in [5.41, 5.74) is 1.18. The zero-order valence-electron chi connectivity index (χ0n) is 13.0. The Hall–Kier alpha value is -1.49. The van der Waals surface area contributed by atoms with Gasteiger partial charge in [-0.25, -0.2) is 0 Å². The second-order valence-corrected chi connectivity index (χ2v) is 4.41. The largest absolute Gasteiger partial charge is 0.493 e. The van der Waals surface area contributed by atoms with Gasteiger partial charge in [0.05, 0.1) is 19.3 Å². The third-order valence-corrected chi connectivity index (χ3v) is 3.25. The van der Waals surface area contributed by atoms with Crippen LogP contribution in [0.1, 0.15) is 25.8 Å². The first-order valence-corrected chi connectivity index (χ1v) is 7.75. The average Bonchev–Trinajstić information content (AvgIpc) is 2.52. The monoisotopic (exact) mass is 296 g/mol. The summed E-state index contributed by atoms with van der Waals surface area (Å²) in [6.07, 6.45) is 3.71. The Bertz CT molecular complexity index is 434. The highest BCUT2D eigenvalue weighted by molar-refractivity contribution is 8.13. The first kappa shape index (κ1) is 18.5. The van der Waals surface area contributed by atoms with Crippen LogP contribution in [-0.4, -0.2) is 32.2 Å². The first-order valence-electron chi connectivity index (χ1n) is 6.52. The lowest BCUT2D eigenvalue weighted by Gasteiger charge is -2.09. The van der Waals surface area contributed by atoms with Crippen molar-refractivity contribution in [1.29, 1.82) is 0 Å².